The fourth-order valence-electron chi connectivity index (χ4n) is 5.03. The summed E-state index contributed by atoms with van der Waals surface area (Å²) in [6, 6.07) is 13.5. The van der Waals surface area contributed by atoms with Crippen molar-refractivity contribution in [3.63, 3.8) is 0 Å². The Morgan fingerprint density at radius 2 is 1.76 bits per heavy atom. The molecule has 7 nitrogen and oxygen atoms in total. The van der Waals surface area contributed by atoms with Crippen LogP contribution < -0.4 is 14.8 Å². The molecule has 1 aliphatic carbocycles. The summed E-state index contributed by atoms with van der Waals surface area (Å²) < 4.78 is 22.3. The lowest BCUT2D eigenvalue weighted by Gasteiger charge is -2.36. The molecule has 0 fully saturated rings. The minimum atomic E-state index is -0.553. The maximum Gasteiger partial charge on any atom is 0.336 e. The second-order valence-electron chi connectivity index (χ2n) is 9.02. The Balaban J connectivity index is 1.72. The lowest BCUT2D eigenvalue weighted by Crippen LogP contribution is -2.36. The summed E-state index contributed by atoms with van der Waals surface area (Å²) in [7, 11) is 3.23. The quantitative estimate of drug-likeness (QED) is 0.319. The van der Waals surface area contributed by atoms with Gasteiger partial charge in [-0.3, -0.25) is 4.79 Å². The van der Waals surface area contributed by atoms with E-state index in [-0.39, 0.29) is 18.3 Å². The predicted octanol–water partition coefficient (Wildman–Crippen LogP) is 5.41. The van der Waals surface area contributed by atoms with Crippen molar-refractivity contribution in [1.82, 2.24) is 5.32 Å². The minimum Gasteiger partial charge on any atom is -0.497 e. The number of Topliss-reactive ketones (excluding diaryl/α,β-unsaturated/α-hetero) is 1. The monoisotopic (exact) mass is 569 g/mol. The number of halogens is 1. The molecule has 1 N–H and O–H groups in total. The number of carbonyl (C=O) groups excluding carboxylic acids is 2. The van der Waals surface area contributed by atoms with Crippen LogP contribution in [0.1, 0.15) is 49.7 Å². The average Bonchev–Trinajstić information content (AvgIpc) is 2.90. The molecule has 0 radical (unpaired) electrons. The molecule has 37 heavy (non-hydrogen) atoms. The zero-order chi connectivity index (χ0) is 26.5. The van der Waals surface area contributed by atoms with E-state index in [1.165, 1.54) is 0 Å². The number of ether oxygens (including phenoxy) is 4. The van der Waals surface area contributed by atoms with Crippen molar-refractivity contribution in [1.29, 1.82) is 0 Å². The molecule has 0 bridgehead atoms. The molecule has 0 saturated heterocycles. The summed E-state index contributed by atoms with van der Waals surface area (Å²) in [6.45, 7) is 4.75. The zero-order valence-electron chi connectivity index (χ0n) is 21.6. The van der Waals surface area contributed by atoms with Crippen LogP contribution in [0.4, 0.5) is 0 Å². The van der Waals surface area contributed by atoms with E-state index in [0.717, 1.165) is 27.0 Å². The molecule has 4 rings (SSSR count). The lowest BCUT2D eigenvalue weighted by molar-refractivity contribution is -0.140. The van der Waals surface area contributed by atoms with Gasteiger partial charge in [0.2, 0.25) is 0 Å². The van der Waals surface area contributed by atoms with Gasteiger partial charge < -0.3 is 24.3 Å². The van der Waals surface area contributed by atoms with Crippen molar-refractivity contribution >= 4 is 27.7 Å². The molecule has 1 heterocycles. The topological polar surface area (TPSA) is 83.1 Å². The number of hydrogen-bond acceptors (Lipinski definition) is 7. The van der Waals surface area contributed by atoms with Gasteiger partial charge in [-0.15, -0.1) is 0 Å². The van der Waals surface area contributed by atoms with Gasteiger partial charge in [0.05, 0.1) is 30.9 Å². The van der Waals surface area contributed by atoms with Crippen LogP contribution in [0.2, 0.25) is 0 Å². The Morgan fingerprint density at radius 1 is 1.03 bits per heavy atom. The van der Waals surface area contributed by atoms with Crippen LogP contribution in [0.3, 0.4) is 0 Å². The average molecular weight is 570 g/mol. The number of benzene rings is 2. The molecule has 2 aromatic rings. The van der Waals surface area contributed by atoms with E-state index in [0.29, 0.717) is 48.6 Å². The molecule has 2 aliphatic rings. The molecule has 2 aromatic carbocycles. The second-order valence-corrected chi connectivity index (χ2v) is 9.87. The van der Waals surface area contributed by atoms with E-state index in [9.17, 15) is 9.59 Å². The van der Waals surface area contributed by atoms with Gasteiger partial charge in [0.1, 0.15) is 18.1 Å². The number of carbonyl (C=O) groups is 2. The van der Waals surface area contributed by atoms with Crippen molar-refractivity contribution < 1.29 is 28.5 Å². The summed E-state index contributed by atoms with van der Waals surface area (Å²) in [5, 5.41) is 3.39. The Bertz CT molecular complexity index is 1230. The lowest BCUT2D eigenvalue weighted by atomic mass is 9.71. The summed E-state index contributed by atoms with van der Waals surface area (Å²) in [5.41, 5.74) is 4.47. The molecule has 0 aromatic heterocycles. The standard InChI is InChI=1S/C29H32BrNO6/c1-5-36-12-13-37-29(33)26-17(2)31-23-15-20(18-6-9-21(34-3)10-7-18)16-24(32)28(23)27(26)19-8-11-25(35-4)22(30)14-19/h6-11,14,20,27,31H,5,12-13,15-16H2,1-4H3/t20-,27+/m1/s1. The van der Waals surface area contributed by atoms with Gasteiger partial charge in [-0.2, -0.15) is 0 Å². The minimum absolute atomic E-state index is 0.0126. The molecule has 2 atom stereocenters. The van der Waals surface area contributed by atoms with Gasteiger partial charge in [0, 0.05) is 35.9 Å². The van der Waals surface area contributed by atoms with Crippen LogP contribution >= 0.6 is 15.9 Å². The number of dihydropyridines is 1. The third-order valence-corrected chi connectivity index (χ3v) is 7.43. The molecule has 0 spiro atoms. The van der Waals surface area contributed by atoms with Crippen molar-refractivity contribution in [3.05, 3.63) is 80.6 Å². The van der Waals surface area contributed by atoms with Crippen LogP contribution in [-0.2, 0) is 19.1 Å². The SMILES string of the molecule is CCOCCOC(=O)C1=C(C)NC2=C(C(=O)C[C@H](c3ccc(OC)cc3)C2)[C@H]1c1ccc(OC)c(Br)c1. The molecule has 8 heteroatoms. The summed E-state index contributed by atoms with van der Waals surface area (Å²) in [4.78, 5) is 27.1. The van der Waals surface area contributed by atoms with E-state index < -0.39 is 11.9 Å². The van der Waals surface area contributed by atoms with Gasteiger partial charge in [-0.05, 0) is 77.5 Å². The second kappa shape index (κ2) is 12.0. The molecule has 0 amide bonds. The van der Waals surface area contributed by atoms with Crippen LogP contribution in [0, 0.1) is 0 Å². The van der Waals surface area contributed by atoms with E-state index in [1.807, 2.05) is 56.3 Å². The van der Waals surface area contributed by atoms with Crippen molar-refractivity contribution in [2.45, 2.75) is 38.5 Å². The van der Waals surface area contributed by atoms with Crippen molar-refractivity contribution in [3.8, 4) is 11.5 Å². The van der Waals surface area contributed by atoms with Gasteiger partial charge in [0.15, 0.2) is 5.78 Å². The Kier molecular flexibility index (Phi) is 8.71. The molecular formula is C29H32BrNO6. The van der Waals surface area contributed by atoms with Gasteiger partial charge in [-0.1, -0.05) is 18.2 Å². The number of hydrogen-bond donors (Lipinski definition) is 1. The summed E-state index contributed by atoms with van der Waals surface area (Å²) in [6.07, 6.45) is 1.01. The van der Waals surface area contributed by atoms with Gasteiger partial charge >= 0.3 is 5.97 Å². The van der Waals surface area contributed by atoms with E-state index in [1.54, 1.807) is 14.2 Å². The first kappa shape index (κ1) is 26.9. The summed E-state index contributed by atoms with van der Waals surface area (Å²) in [5.74, 6) is 0.473. The third kappa shape index (κ3) is 5.75. The third-order valence-electron chi connectivity index (χ3n) is 6.81. The first-order valence-corrected chi connectivity index (χ1v) is 13.1. The summed E-state index contributed by atoms with van der Waals surface area (Å²) >= 11 is 3.56. The maximum atomic E-state index is 13.7. The normalized spacial score (nSPS) is 19.3. The Morgan fingerprint density at radius 3 is 2.41 bits per heavy atom. The highest BCUT2D eigenvalue weighted by molar-refractivity contribution is 9.10. The van der Waals surface area contributed by atoms with Gasteiger partial charge in [-0.25, -0.2) is 4.79 Å². The number of ketones is 1. The van der Waals surface area contributed by atoms with Crippen molar-refractivity contribution in [2.24, 2.45) is 0 Å². The van der Waals surface area contributed by atoms with Crippen LogP contribution in [0.25, 0.3) is 0 Å². The highest BCUT2D eigenvalue weighted by Crippen LogP contribution is 2.46. The Labute approximate surface area is 225 Å². The first-order valence-electron chi connectivity index (χ1n) is 12.3. The zero-order valence-corrected chi connectivity index (χ0v) is 23.1. The fourth-order valence-corrected chi connectivity index (χ4v) is 5.59. The number of methoxy groups -OCH3 is 2. The Hall–Kier alpha value is -3.10. The largest absolute Gasteiger partial charge is 0.497 e. The number of esters is 1. The van der Waals surface area contributed by atoms with E-state index in [2.05, 4.69) is 21.2 Å². The maximum absolute atomic E-state index is 13.7. The fraction of sp³-hybridized carbons (Fsp3) is 0.379. The molecule has 0 unspecified atom stereocenters. The number of allylic oxidation sites excluding steroid dienone is 3. The van der Waals surface area contributed by atoms with Crippen LogP contribution in [0.15, 0.2) is 69.5 Å². The molecular weight excluding hydrogens is 538 g/mol. The highest BCUT2D eigenvalue weighted by atomic mass is 79.9. The molecule has 0 saturated carbocycles. The molecule has 1 aliphatic heterocycles. The number of rotatable bonds is 9. The highest BCUT2D eigenvalue weighted by Gasteiger charge is 2.41. The van der Waals surface area contributed by atoms with Gasteiger partial charge in [0.25, 0.3) is 0 Å². The molecule has 196 valence electrons. The smallest absolute Gasteiger partial charge is 0.336 e. The number of nitrogens with one attached hydrogen (secondary N) is 1. The van der Waals surface area contributed by atoms with Crippen LogP contribution in [0.5, 0.6) is 11.5 Å². The van der Waals surface area contributed by atoms with E-state index >= 15 is 0 Å². The first-order chi connectivity index (χ1) is 17.9. The van der Waals surface area contributed by atoms with E-state index in [4.69, 9.17) is 18.9 Å². The predicted molar refractivity (Wildman–Crippen MR) is 144 cm³/mol. The van der Waals surface area contributed by atoms with Crippen molar-refractivity contribution in [2.75, 3.05) is 34.0 Å². The van der Waals surface area contributed by atoms with Crippen LogP contribution in [-0.4, -0.2) is 45.8 Å².